The predicted octanol–water partition coefficient (Wildman–Crippen LogP) is 19.7. The van der Waals surface area contributed by atoms with E-state index in [0.717, 1.165) is 109 Å². The van der Waals surface area contributed by atoms with Crippen LogP contribution in [0.2, 0.25) is 0 Å². The van der Waals surface area contributed by atoms with Gasteiger partial charge in [-0.3, -0.25) is 37.3 Å². The minimum atomic E-state index is -4.95. The fourth-order valence-electron chi connectivity index (χ4n) is 10.5. The van der Waals surface area contributed by atoms with Crippen molar-refractivity contribution in [2.75, 3.05) is 39.6 Å². The van der Waals surface area contributed by atoms with E-state index < -0.39 is 97.5 Å². The third-order valence-corrected chi connectivity index (χ3v) is 17.9. The number of phosphoric ester groups is 2. The molecule has 0 radical (unpaired) electrons. The first-order valence-electron chi connectivity index (χ1n) is 36.1. The number of unbranched alkanes of at least 4 members (excludes halogenated alkanes) is 41. The minimum Gasteiger partial charge on any atom is -0.462 e. The lowest BCUT2D eigenvalue weighted by molar-refractivity contribution is -0.161. The number of carbonyl (C=O) groups is 4. The number of hydrogen-bond acceptors (Lipinski definition) is 15. The van der Waals surface area contributed by atoms with Crippen LogP contribution in [-0.4, -0.2) is 96.7 Å². The number of rotatable bonds is 69. The Morgan fingerprint density at radius 2 is 0.523 bits per heavy atom. The summed E-state index contributed by atoms with van der Waals surface area (Å²) < 4.78 is 68.0. The van der Waals surface area contributed by atoms with Crippen LogP contribution in [0.1, 0.15) is 356 Å². The third-order valence-electron chi connectivity index (χ3n) is 16.0. The zero-order valence-corrected chi connectivity index (χ0v) is 58.6. The summed E-state index contributed by atoms with van der Waals surface area (Å²) in [6, 6.07) is 0. The van der Waals surface area contributed by atoms with Gasteiger partial charge in [-0.15, -0.1) is 0 Å². The van der Waals surface area contributed by atoms with Gasteiger partial charge in [-0.05, 0) is 31.6 Å². The maximum Gasteiger partial charge on any atom is 0.472 e. The van der Waals surface area contributed by atoms with Crippen molar-refractivity contribution in [3.8, 4) is 0 Å². The van der Waals surface area contributed by atoms with Crippen LogP contribution in [-0.2, 0) is 65.4 Å². The van der Waals surface area contributed by atoms with Crippen molar-refractivity contribution in [3.05, 3.63) is 0 Å². The molecule has 0 heterocycles. The molecule has 0 aromatic rings. The molecule has 0 spiro atoms. The monoisotopic (exact) mass is 1300 g/mol. The van der Waals surface area contributed by atoms with E-state index in [9.17, 15) is 43.2 Å². The van der Waals surface area contributed by atoms with E-state index in [1.165, 1.54) is 167 Å². The first-order chi connectivity index (χ1) is 42.5. The molecule has 522 valence electrons. The molecule has 0 aliphatic rings. The largest absolute Gasteiger partial charge is 0.472 e. The van der Waals surface area contributed by atoms with Crippen LogP contribution in [0.3, 0.4) is 0 Å². The van der Waals surface area contributed by atoms with Crippen molar-refractivity contribution in [2.24, 2.45) is 5.92 Å². The molecule has 17 nitrogen and oxygen atoms in total. The minimum absolute atomic E-state index is 0.105. The summed E-state index contributed by atoms with van der Waals surface area (Å²) in [5.74, 6) is -1.31. The molecule has 88 heavy (non-hydrogen) atoms. The van der Waals surface area contributed by atoms with Crippen LogP contribution in [0.25, 0.3) is 0 Å². The lowest BCUT2D eigenvalue weighted by Crippen LogP contribution is -2.30. The molecule has 3 N–H and O–H groups in total. The molecule has 19 heteroatoms. The maximum atomic E-state index is 13.0. The van der Waals surface area contributed by atoms with E-state index in [1.54, 1.807) is 0 Å². The summed E-state index contributed by atoms with van der Waals surface area (Å²) in [6.45, 7) is 7.21. The zero-order valence-electron chi connectivity index (χ0n) is 56.9. The van der Waals surface area contributed by atoms with E-state index >= 15 is 0 Å². The first-order valence-corrected chi connectivity index (χ1v) is 39.1. The van der Waals surface area contributed by atoms with Crippen molar-refractivity contribution in [1.82, 2.24) is 0 Å². The number of phosphoric acid groups is 2. The van der Waals surface area contributed by atoms with Gasteiger partial charge in [0.1, 0.15) is 19.3 Å². The summed E-state index contributed by atoms with van der Waals surface area (Å²) in [7, 11) is -9.89. The molecule has 0 saturated heterocycles. The van der Waals surface area contributed by atoms with Crippen LogP contribution in [0.5, 0.6) is 0 Å². The molecule has 0 rings (SSSR count). The van der Waals surface area contributed by atoms with Gasteiger partial charge in [-0.25, -0.2) is 9.13 Å². The Hall–Kier alpha value is -1.94. The van der Waals surface area contributed by atoms with Gasteiger partial charge in [0.15, 0.2) is 12.2 Å². The molecule has 0 amide bonds. The number of hydrogen-bond donors (Lipinski definition) is 3. The van der Waals surface area contributed by atoms with Crippen LogP contribution in [0, 0.1) is 5.92 Å². The molecule has 0 aromatic heterocycles. The Bertz CT molecular complexity index is 1700. The molecule has 0 saturated carbocycles. The highest BCUT2D eigenvalue weighted by molar-refractivity contribution is 7.47. The number of aliphatic hydroxyl groups is 1. The lowest BCUT2D eigenvalue weighted by Gasteiger charge is -2.21. The van der Waals surface area contributed by atoms with Gasteiger partial charge >= 0.3 is 39.5 Å². The molecular weight excluding hydrogens is 1160 g/mol. The van der Waals surface area contributed by atoms with E-state index in [1.807, 2.05) is 0 Å². The summed E-state index contributed by atoms with van der Waals surface area (Å²) in [5.41, 5.74) is 0. The number of carbonyl (C=O) groups excluding carboxylic acids is 4. The molecular formula is C69H134O17P2. The van der Waals surface area contributed by atoms with E-state index in [4.69, 9.17) is 37.0 Å². The SMILES string of the molecule is CCCCCCCCCCCCCC(=O)OC[C@H](COP(=O)(O)OC[C@@H](O)COP(=O)(O)OC[C@@H](COC(=O)CCCCCCCCCC)OC(=O)CCCCCCCCCC)OC(=O)CCCCCCCCCCCCCCCCCCCCC(C)C. The number of esters is 4. The Morgan fingerprint density at radius 1 is 0.307 bits per heavy atom. The quantitative estimate of drug-likeness (QED) is 0.0222. The Labute approximate surface area is 537 Å². The zero-order chi connectivity index (χ0) is 64.9. The van der Waals surface area contributed by atoms with Gasteiger partial charge in [0.2, 0.25) is 0 Å². The average Bonchev–Trinajstić information content (AvgIpc) is 3.66. The second-order valence-corrected chi connectivity index (χ2v) is 28.3. The van der Waals surface area contributed by atoms with Gasteiger partial charge in [0.05, 0.1) is 26.4 Å². The third kappa shape index (κ3) is 62.8. The number of ether oxygens (including phenoxy) is 4. The highest BCUT2D eigenvalue weighted by atomic mass is 31.2. The highest BCUT2D eigenvalue weighted by Gasteiger charge is 2.30. The fraction of sp³-hybridized carbons (Fsp3) is 0.942. The Morgan fingerprint density at radius 3 is 0.773 bits per heavy atom. The fourth-order valence-corrected chi connectivity index (χ4v) is 12.0. The van der Waals surface area contributed by atoms with Gasteiger partial charge in [0.25, 0.3) is 0 Å². The molecule has 0 fully saturated rings. The summed E-state index contributed by atoms with van der Waals surface area (Å²) in [4.78, 5) is 72.2. The second-order valence-electron chi connectivity index (χ2n) is 25.4. The van der Waals surface area contributed by atoms with Crippen molar-refractivity contribution in [1.29, 1.82) is 0 Å². The maximum absolute atomic E-state index is 13.0. The van der Waals surface area contributed by atoms with Crippen molar-refractivity contribution in [2.45, 2.75) is 374 Å². The average molecular weight is 1300 g/mol. The van der Waals surface area contributed by atoms with Gasteiger partial charge in [0, 0.05) is 25.7 Å². The van der Waals surface area contributed by atoms with E-state index in [2.05, 4.69) is 34.6 Å². The first kappa shape index (κ1) is 86.1. The normalized spacial score (nSPS) is 14.1. The predicted molar refractivity (Wildman–Crippen MR) is 354 cm³/mol. The standard InChI is InChI=1S/C69H134O17P2/c1-6-9-12-15-18-21-30-34-39-43-48-53-67(72)80-59-65(86-69(74)55-50-45-40-35-32-29-27-25-23-22-24-26-28-31-33-36-41-46-51-62(4)5)61-84-88(77,78)82-57-63(70)56-81-87(75,76)83-60-64(85-68(73)54-49-44-38-20-17-14-11-8-3)58-79-66(71)52-47-42-37-19-16-13-10-7-2/h62-65,70H,6-61H2,1-5H3,(H,75,76)(H,77,78)/t63-,64+,65+/m0/s1. The van der Waals surface area contributed by atoms with Gasteiger partial charge < -0.3 is 33.8 Å². The van der Waals surface area contributed by atoms with Gasteiger partial charge in [-0.2, -0.15) is 0 Å². The van der Waals surface area contributed by atoms with Crippen LogP contribution >= 0.6 is 15.6 Å². The topological polar surface area (TPSA) is 237 Å². The van der Waals surface area contributed by atoms with E-state index in [-0.39, 0.29) is 25.7 Å². The summed E-state index contributed by atoms with van der Waals surface area (Å²) in [6.07, 6.45) is 48.8. The molecule has 0 aliphatic heterocycles. The second kappa shape index (κ2) is 62.5. The van der Waals surface area contributed by atoms with Crippen LogP contribution in [0.15, 0.2) is 0 Å². The summed E-state index contributed by atoms with van der Waals surface area (Å²) >= 11 is 0. The van der Waals surface area contributed by atoms with Gasteiger partial charge in [-0.1, -0.05) is 304 Å². The Kier molecular flexibility index (Phi) is 61.1. The molecule has 5 atom stereocenters. The van der Waals surface area contributed by atoms with Crippen molar-refractivity contribution >= 4 is 39.5 Å². The lowest BCUT2D eigenvalue weighted by atomic mass is 10.0. The summed E-state index contributed by atoms with van der Waals surface area (Å²) in [5, 5.41) is 10.5. The molecule has 2 unspecified atom stereocenters. The molecule has 0 bridgehead atoms. The van der Waals surface area contributed by atoms with Crippen molar-refractivity contribution < 1.29 is 80.2 Å². The number of aliphatic hydroxyl groups excluding tert-OH is 1. The van der Waals surface area contributed by atoms with Crippen molar-refractivity contribution in [3.63, 3.8) is 0 Å². The molecule has 0 aromatic carbocycles. The van der Waals surface area contributed by atoms with Crippen LogP contribution in [0.4, 0.5) is 0 Å². The molecule has 0 aliphatic carbocycles. The Balaban J connectivity index is 5.11. The smallest absolute Gasteiger partial charge is 0.462 e. The van der Waals surface area contributed by atoms with E-state index in [0.29, 0.717) is 25.7 Å². The highest BCUT2D eigenvalue weighted by Crippen LogP contribution is 2.45. The van der Waals surface area contributed by atoms with Crippen LogP contribution < -0.4 is 0 Å².